The van der Waals surface area contributed by atoms with Gasteiger partial charge in [0, 0.05) is 11.9 Å². The second-order valence-corrected chi connectivity index (χ2v) is 9.82. The van der Waals surface area contributed by atoms with E-state index in [1.165, 1.54) is 30.1 Å². The molecule has 0 fully saturated rings. The first-order valence-corrected chi connectivity index (χ1v) is 12.4. The molecule has 180 valence electrons. The number of ether oxygens (including phenoxy) is 1. The largest absolute Gasteiger partial charge is 0.495 e. The molecular formula is C26H26N4O4S. The van der Waals surface area contributed by atoms with Crippen LogP contribution < -0.4 is 15.0 Å². The Labute approximate surface area is 204 Å². The molecule has 4 aromatic rings. The number of aromatic nitrogens is 2. The molecule has 1 heterocycles. The lowest BCUT2D eigenvalue weighted by molar-refractivity contribution is 0.417. The van der Waals surface area contributed by atoms with E-state index < -0.39 is 10.0 Å². The van der Waals surface area contributed by atoms with Crippen LogP contribution in [0.4, 0.5) is 11.4 Å². The zero-order valence-electron chi connectivity index (χ0n) is 19.9. The van der Waals surface area contributed by atoms with Gasteiger partial charge in [-0.25, -0.2) is 13.1 Å². The topological polar surface area (TPSA) is 106 Å². The number of hydrogen-bond donors (Lipinski definition) is 2. The van der Waals surface area contributed by atoms with E-state index >= 15 is 0 Å². The fourth-order valence-electron chi connectivity index (χ4n) is 3.72. The van der Waals surface area contributed by atoms with Crippen LogP contribution in [0, 0.1) is 20.8 Å². The number of anilines is 1. The number of benzene rings is 3. The summed E-state index contributed by atoms with van der Waals surface area (Å²) in [5.41, 5.74) is 4.64. The van der Waals surface area contributed by atoms with Gasteiger partial charge in [-0.3, -0.25) is 19.6 Å². The number of sulfonamides is 1. The van der Waals surface area contributed by atoms with E-state index in [4.69, 9.17) is 4.74 Å². The van der Waals surface area contributed by atoms with Crippen LogP contribution in [0.5, 0.6) is 5.75 Å². The van der Waals surface area contributed by atoms with Crippen LogP contribution >= 0.6 is 0 Å². The Hall–Kier alpha value is -4.11. The molecule has 0 spiro atoms. The van der Waals surface area contributed by atoms with E-state index in [1.54, 1.807) is 36.4 Å². The first kappa shape index (κ1) is 24.0. The van der Waals surface area contributed by atoms with Gasteiger partial charge in [0.1, 0.15) is 5.75 Å². The molecule has 0 radical (unpaired) electrons. The predicted molar refractivity (Wildman–Crippen MR) is 138 cm³/mol. The van der Waals surface area contributed by atoms with Crippen molar-refractivity contribution in [1.82, 2.24) is 9.78 Å². The van der Waals surface area contributed by atoms with E-state index in [0.29, 0.717) is 28.4 Å². The first-order chi connectivity index (χ1) is 16.7. The van der Waals surface area contributed by atoms with Gasteiger partial charge in [-0.1, -0.05) is 29.8 Å². The lowest BCUT2D eigenvalue weighted by atomic mass is 10.1. The predicted octanol–water partition coefficient (Wildman–Crippen LogP) is 4.65. The fourth-order valence-corrected chi connectivity index (χ4v) is 4.79. The summed E-state index contributed by atoms with van der Waals surface area (Å²) >= 11 is 0. The van der Waals surface area contributed by atoms with Gasteiger partial charge in [0.15, 0.2) is 0 Å². The molecule has 0 bridgehead atoms. The molecule has 3 aromatic carbocycles. The number of para-hydroxylation sites is 2. The summed E-state index contributed by atoms with van der Waals surface area (Å²) in [5, 5.41) is 3.10. The quantitative estimate of drug-likeness (QED) is 0.368. The first-order valence-electron chi connectivity index (χ1n) is 10.9. The van der Waals surface area contributed by atoms with Crippen LogP contribution in [0.2, 0.25) is 0 Å². The summed E-state index contributed by atoms with van der Waals surface area (Å²) in [5.74, 6) is 0.422. The normalized spacial score (nSPS) is 11.7. The summed E-state index contributed by atoms with van der Waals surface area (Å²) < 4.78 is 34.8. The van der Waals surface area contributed by atoms with E-state index in [9.17, 15) is 13.2 Å². The fraction of sp³-hybridized carbons (Fsp3) is 0.154. The lowest BCUT2D eigenvalue weighted by Gasteiger charge is -2.11. The van der Waals surface area contributed by atoms with Crippen molar-refractivity contribution in [2.24, 2.45) is 4.99 Å². The van der Waals surface area contributed by atoms with Crippen LogP contribution in [0.1, 0.15) is 22.4 Å². The highest BCUT2D eigenvalue weighted by Gasteiger charge is 2.16. The van der Waals surface area contributed by atoms with Crippen LogP contribution in [0.15, 0.2) is 81.4 Å². The summed E-state index contributed by atoms with van der Waals surface area (Å²) in [6.45, 7) is 5.77. The van der Waals surface area contributed by atoms with Crippen LogP contribution in [-0.2, 0) is 10.0 Å². The van der Waals surface area contributed by atoms with Crippen LogP contribution in [0.3, 0.4) is 0 Å². The molecule has 0 saturated heterocycles. The molecule has 0 aliphatic carbocycles. The minimum absolute atomic E-state index is 0.0809. The van der Waals surface area contributed by atoms with Crippen molar-refractivity contribution in [2.75, 3.05) is 11.8 Å². The lowest BCUT2D eigenvalue weighted by Crippen LogP contribution is -2.18. The highest BCUT2D eigenvalue weighted by atomic mass is 32.2. The highest BCUT2D eigenvalue weighted by molar-refractivity contribution is 7.92. The smallest absolute Gasteiger partial charge is 0.280 e. The molecule has 8 nitrogen and oxygen atoms in total. The molecular weight excluding hydrogens is 464 g/mol. The number of aliphatic imine (C=N–C) groups is 1. The van der Waals surface area contributed by atoms with E-state index in [2.05, 4.69) is 14.8 Å². The molecule has 2 N–H and O–H groups in total. The van der Waals surface area contributed by atoms with Crippen molar-refractivity contribution in [3.63, 3.8) is 0 Å². The Kier molecular flexibility index (Phi) is 6.61. The molecule has 9 heteroatoms. The average Bonchev–Trinajstić information content (AvgIpc) is 3.11. The number of aromatic amines is 1. The summed E-state index contributed by atoms with van der Waals surface area (Å²) in [4.78, 5) is 17.5. The van der Waals surface area contributed by atoms with Gasteiger partial charge in [0.2, 0.25) is 0 Å². The number of nitrogens with zero attached hydrogens (tertiary/aromatic N) is 2. The maximum Gasteiger partial charge on any atom is 0.280 e. The Morgan fingerprint density at radius 2 is 1.71 bits per heavy atom. The number of rotatable bonds is 7. The zero-order valence-corrected chi connectivity index (χ0v) is 20.7. The molecule has 0 saturated carbocycles. The second-order valence-electron chi connectivity index (χ2n) is 8.14. The van der Waals surface area contributed by atoms with Gasteiger partial charge < -0.3 is 4.74 Å². The average molecular weight is 491 g/mol. The summed E-state index contributed by atoms with van der Waals surface area (Å²) in [6.07, 6.45) is 1.49. The van der Waals surface area contributed by atoms with Gasteiger partial charge in [0.05, 0.1) is 34.6 Å². The number of nitrogens with one attached hydrogen (secondary N) is 2. The number of methoxy groups -OCH3 is 1. The number of H-pyrrole nitrogens is 1. The van der Waals surface area contributed by atoms with Crippen molar-refractivity contribution in [1.29, 1.82) is 0 Å². The third-order valence-electron chi connectivity index (χ3n) is 5.55. The van der Waals surface area contributed by atoms with Crippen molar-refractivity contribution >= 4 is 27.6 Å². The van der Waals surface area contributed by atoms with Gasteiger partial charge in [-0.2, -0.15) is 0 Å². The van der Waals surface area contributed by atoms with Crippen molar-refractivity contribution in [3.8, 4) is 11.4 Å². The summed E-state index contributed by atoms with van der Waals surface area (Å²) in [7, 11) is -2.34. The maximum atomic E-state index is 13.0. The minimum atomic E-state index is -3.82. The number of aryl methyl sites for hydroxylation is 3. The van der Waals surface area contributed by atoms with Gasteiger partial charge in [-0.15, -0.1) is 0 Å². The highest BCUT2D eigenvalue weighted by Crippen LogP contribution is 2.26. The number of hydrogen-bond acceptors (Lipinski definition) is 5. The van der Waals surface area contributed by atoms with E-state index in [0.717, 1.165) is 16.8 Å². The molecule has 35 heavy (non-hydrogen) atoms. The minimum Gasteiger partial charge on any atom is -0.495 e. The third kappa shape index (κ3) is 5.04. The van der Waals surface area contributed by atoms with E-state index in [-0.39, 0.29) is 10.5 Å². The third-order valence-corrected chi connectivity index (χ3v) is 6.93. The molecule has 0 aliphatic rings. The monoisotopic (exact) mass is 490 g/mol. The Morgan fingerprint density at radius 3 is 2.40 bits per heavy atom. The van der Waals surface area contributed by atoms with Crippen LogP contribution in [0.25, 0.3) is 5.69 Å². The van der Waals surface area contributed by atoms with Crippen molar-refractivity contribution in [2.45, 2.75) is 25.7 Å². The Balaban J connectivity index is 1.56. The van der Waals surface area contributed by atoms with Gasteiger partial charge >= 0.3 is 0 Å². The standard InChI is InChI=1S/C26H26N4O4S/c1-17-9-14-24(18(2)15-17)30-26(31)22(19(3)28-30)16-27-20-10-12-21(13-11-20)35(32,33)29-23-7-5-6-8-25(23)34-4/h5-16,28-29H,1-4H3. The summed E-state index contributed by atoms with van der Waals surface area (Å²) in [6, 6.07) is 18.7. The molecule has 0 amide bonds. The van der Waals surface area contributed by atoms with Crippen molar-refractivity contribution < 1.29 is 13.2 Å². The molecule has 0 aliphatic heterocycles. The molecule has 1 aromatic heterocycles. The van der Waals surface area contributed by atoms with Crippen LogP contribution in [-0.4, -0.2) is 31.5 Å². The maximum absolute atomic E-state index is 13.0. The molecule has 4 rings (SSSR count). The second kappa shape index (κ2) is 9.63. The van der Waals surface area contributed by atoms with Gasteiger partial charge in [0.25, 0.3) is 15.6 Å². The van der Waals surface area contributed by atoms with E-state index in [1.807, 2.05) is 39.0 Å². The Bertz CT molecular complexity index is 1570. The van der Waals surface area contributed by atoms with Gasteiger partial charge in [-0.05, 0) is 68.8 Å². The molecule has 0 unspecified atom stereocenters. The Morgan fingerprint density at radius 1 is 1.00 bits per heavy atom. The molecule has 0 atom stereocenters. The SMILES string of the molecule is COc1ccccc1NS(=O)(=O)c1ccc(N=Cc2c(C)[nH]n(-c3ccc(C)cc3C)c2=O)cc1. The zero-order chi connectivity index (χ0) is 25.2. The van der Waals surface area contributed by atoms with Crippen molar-refractivity contribution in [3.05, 3.63) is 99.5 Å².